The van der Waals surface area contributed by atoms with Crippen molar-refractivity contribution in [3.63, 3.8) is 0 Å². The van der Waals surface area contributed by atoms with E-state index in [1.54, 1.807) is 43.4 Å². The van der Waals surface area contributed by atoms with Crippen LogP contribution in [-0.4, -0.2) is 18.8 Å². The van der Waals surface area contributed by atoms with Gasteiger partial charge in [-0.1, -0.05) is 54.6 Å². The number of nitrogens with one attached hydrogen (secondary N) is 1. The van der Waals surface area contributed by atoms with Crippen LogP contribution in [0.1, 0.15) is 43.5 Å². The van der Waals surface area contributed by atoms with Gasteiger partial charge in [0.05, 0.1) is 5.56 Å². The number of ether oxygens (including phenoxy) is 1. The molecule has 0 aliphatic heterocycles. The molecule has 3 aromatic carbocycles. The Morgan fingerprint density at radius 3 is 2.21 bits per heavy atom. The van der Waals surface area contributed by atoms with Crippen LogP contribution in [0.4, 0.5) is 5.69 Å². The van der Waals surface area contributed by atoms with Gasteiger partial charge in [-0.2, -0.15) is 0 Å². The zero-order valence-electron chi connectivity index (χ0n) is 16.2. The topological polar surface area (TPSA) is 55.4 Å². The van der Waals surface area contributed by atoms with E-state index in [4.69, 9.17) is 4.74 Å². The molecule has 0 aromatic heterocycles. The molecule has 0 amide bonds. The maximum absolute atomic E-state index is 13.2. The molecule has 1 N–H and O–H groups in total. The number of anilines is 1. The van der Waals surface area contributed by atoms with Crippen molar-refractivity contribution in [3.8, 4) is 0 Å². The first-order valence-corrected chi connectivity index (χ1v) is 9.15. The smallest absolute Gasteiger partial charge is 0.341 e. The highest BCUT2D eigenvalue weighted by Gasteiger charge is 2.27. The van der Waals surface area contributed by atoms with E-state index >= 15 is 0 Å². The summed E-state index contributed by atoms with van der Waals surface area (Å²) in [5, 5.41) is 2.98. The van der Waals surface area contributed by atoms with Gasteiger partial charge in [-0.15, -0.1) is 0 Å². The molecule has 3 aromatic rings. The molecule has 0 spiro atoms. The van der Waals surface area contributed by atoms with Crippen LogP contribution in [0, 0.1) is 13.8 Å². The van der Waals surface area contributed by atoms with Crippen LogP contribution >= 0.6 is 0 Å². The molecule has 0 aliphatic carbocycles. The summed E-state index contributed by atoms with van der Waals surface area (Å²) >= 11 is 0. The fourth-order valence-corrected chi connectivity index (χ4v) is 3.00. The Hall–Kier alpha value is -3.40. The Labute approximate surface area is 165 Å². The van der Waals surface area contributed by atoms with Crippen LogP contribution in [0.5, 0.6) is 0 Å². The van der Waals surface area contributed by atoms with Crippen molar-refractivity contribution in [2.24, 2.45) is 0 Å². The summed E-state index contributed by atoms with van der Waals surface area (Å²) in [6.07, 6.45) is -1.01. The molecule has 0 aliphatic rings. The third-order valence-electron chi connectivity index (χ3n) is 4.77. The molecule has 142 valence electrons. The Kier molecular flexibility index (Phi) is 5.90. The van der Waals surface area contributed by atoms with E-state index in [2.05, 4.69) is 5.32 Å². The monoisotopic (exact) mass is 373 g/mol. The van der Waals surface area contributed by atoms with Crippen molar-refractivity contribution in [2.75, 3.05) is 12.4 Å². The molecular weight excluding hydrogens is 350 g/mol. The van der Waals surface area contributed by atoms with Gasteiger partial charge in [-0.3, -0.25) is 4.79 Å². The fourth-order valence-electron chi connectivity index (χ4n) is 3.00. The Balaban J connectivity index is 1.97. The molecule has 1 unspecified atom stereocenters. The highest BCUT2D eigenvalue weighted by molar-refractivity contribution is 6.03. The van der Waals surface area contributed by atoms with Crippen molar-refractivity contribution in [2.45, 2.75) is 20.0 Å². The molecule has 0 bridgehead atoms. The Bertz CT molecular complexity index is 996. The van der Waals surface area contributed by atoms with Gasteiger partial charge in [0.25, 0.3) is 0 Å². The number of hydrogen-bond acceptors (Lipinski definition) is 4. The minimum atomic E-state index is -1.01. The van der Waals surface area contributed by atoms with Crippen molar-refractivity contribution in [3.05, 3.63) is 101 Å². The number of carbonyl (C=O) groups is 2. The molecule has 0 saturated carbocycles. The van der Waals surface area contributed by atoms with Gasteiger partial charge in [-0.25, -0.2) is 4.79 Å². The van der Waals surface area contributed by atoms with Gasteiger partial charge >= 0.3 is 5.97 Å². The molecule has 3 rings (SSSR count). The first kappa shape index (κ1) is 19.4. The minimum absolute atomic E-state index is 0.246. The summed E-state index contributed by atoms with van der Waals surface area (Å²) in [6, 6.07) is 21.7. The molecule has 0 heterocycles. The number of carbonyl (C=O) groups excluding carboxylic acids is 2. The van der Waals surface area contributed by atoms with Gasteiger partial charge in [0.1, 0.15) is 0 Å². The summed E-state index contributed by atoms with van der Waals surface area (Å²) < 4.78 is 5.72. The van der Waals surface area contributed by atoms with Crippen molar-refractivity contribution >= 4 is 17.4 Å². The van der Waals surface area contributed by atoms with Crippen LogP contribution < -0.4 is 5.32 Å². The van der Waals surface area contributed by atoms with E-state index in [9.17, 15) is 9.59 Å². The van der Waals surface area contributed by atoms with E-state index < -0.39 is 12.1 Å². The van der Waals surface area contributed by atoms with Crippen LogP contribution in [-0.2, 0) is 4.74 Å². The van der Waals surface area contributed by atoms with E-state index in [1.807, 2.05) is 50.2 Å². The molecule has 1 atom stereocenters. The lowest BCUT2D eigenvalue weighted by Crippen LogP contribution is -2.21. The second-order valence-corrected chi connectivity index (χ2v) is 6.65. The summed E-state index contributed by atoms with van der Waals surface area (Å²) in [4.78, 5) is 26.1. The molecule has 0 fully saturated rings. The van der Waals surface area contributed by atoms with E-state index in [1.165, 1.54) is 0 Å². The van der Waals surface area contributed by atoms with E-state index in [-0.39, 0.29) is 5.78 Å². The zero-order valence-corrected chi connectivity index (χ0v) is 16.2. The number of hydrogen-bond donors (Lipinski definition) is 1. The number of aryl methyl sites for hydroxylation is 2. The summed E-state index contributed by atoms with van der Waals surface area (Å²) in [5.74, 6) is -0.791. The molecule has 4 nitrogen and oxygen atoms in total. The lowest BCUT2D eigenvalue weighted by molar-refractivity contribution is 0.0281. The third kappa shape index (κ3) is 4.12. The van der Waals surface area contributed by atoms with Gasteiger partial charge in [0, 0.05) is 23.9 Å². The van der Waals surface area contributed by atoms with E-state index in [0.717, 1.165) is 11.1 Å². The zero-order chi connectivity index (χ0) is 20.1. The second kappa shape index (κ2) is 8.53. The predicted octanol–water partition coefficient (Wildman–Crippen LogP) is 5.13. The van der Waals surface area contributed by atoms with Crippen molar-refractivity contribution in [1.29, 1.82) is 0 Å². The molecule has 0 radical (unpaired) electrons. The molecular formula is C24H23NO3. The van der Waals surface area contributed by atoms with Gasteiger partial charge in [0.15, 0.2) is 6.10 Å². The standard InChI is InChI=1S/C24H23NO3/c1-16-13-14-19(15-17(16)2)22(26)23(18-9-5-4-6-10-18)28-24(27)20-11-7-8-12-21(20)25-3/h4-15,23,25H,1-3H3. The van der Waals surface area contributed by atoms with E-state index in [0.29, 0.717) is 22.4 Å². The number of esters is 1. The van der Waals surface area contributed by atoms with Crippen LogP contribution in [0.2, 0.25) is 0 Å². The summed E-state index contributed by atoms with van der Waals surface area (Å²) in [7, 11) is 1.74. The third-order valence-corrected chi connectivity index (χ3v) is 4.77. The largest absolute Gasteiger partial charge is 0.445 e. The highest BCUT2D eigenvalue weighted by atomic mass is 16.5. The van der Waals surface area contributed by atoms with Gasteiger partial charge in [-0.05, 0) is 43.2 Å². The first-order valence-electron chi connectivity index (χ1n) is 9.15. The van der Waals surface area contributed by atoms with Crippen LogP contribution in [0.15, 0.2) is 72.8 Å². The highest BCUT2D eigenvalue weighted by Crippen LogP contribution is 2.26. The number of benzene rings is 3. The van der Waals surface area contributed by atoms with Crippen LogP contribution in [0.3, 0.4) is 0 Å². The number of ketones is 1. The lowest BCUT2D eigenvalue weighted by Gasteiger charge is -2.19. The second-order valence-electron chi connectivity index (χ2n) is 6.65. The maximum atomic E-state index is 13.2. The molecule has 4 heteroatoms. The summed E-state index contributed by atoms with van der Waals surface area (Å²) in [5.41, 5.74) is 4.32. The van der Waals surface area contributed by atoms with Crippen LogP contribution in [0.25, 0.3) is 0 Å². The average Bonchev–Trinajstić information content (AvgIpc) is 2.74. The summed E-state index contributed by atoms with van der Waals surface area (Å²) in [6.45, 7) is 3.95. The van der Waals surface area contributed by atoms with Gasteiger partial charge in [0.2, 0.25) is 5.78 Å². The Morgan fingerprint density at radius 1 is 0.857 bits per heavy atom. The quantitative estimate of drug-likeness (QED) is 0.481. The van der Waals surface area contributed by atoms with Crippen molar-refractivity contribution in [1.82, 2.24) is 0 Å². The number of rotatable bonds is 6. The first-order chi connectivity index (χ1) is 13.5. The van der Waals surface area contributed by atoms with Crippen molar-refractivity contribution < 1.29 is 14.3 Å². The molecule has 28 heavy (non-hydrogen) atoms. The normalized spacial score (nSPS) is 11.5. The fraction of sp³-hybridized carbons (Fsp3) is 0.167. The number of Topliss-reactive ketones (excluding diaryl/α,β-unsaturated/α-hetero) is 1. The molecule has 0 saturated heterocycles. The maximum Gasteiger partial charge on any atom is 0.341 e. The van der Waals surface area contributed by atoms with Gasteiger partial charge < -0.3 is 10.1 Å². The average molecular weight is 373 g/mol. The predicted molar refractivity (Wildman–Crippen MR) is 111 cm³/mol. The lowest BCUT2D eigenvalue weighted by atomic mass is 9.97. The minimum Gasteiger partial charge on any atom is -0.445 e. The number of para-hydroxylation sites is 1. The Morgan fingerprint density at radius 2 is 1.54 bits per heavy atom. The SMILES string of the molecule is CNc1ccccc1C(=O)OC(C(=O)c1ccc(C)c(C)c1)c1ccccc1.